The summed E-state index contributed by atoms with van der Waals surface area (Å²) >= 11 is 0. The number of carbonyl (C=O) groups is 2. The standard InChI is InChI=1S/C10H15N3O2/c1-2-7(5-11)10(15)12-6-8-3-4-9(14)13-8/h7-8H,2-4,6H2,1H3,(H,12,15)(H,13,14). The molecule has 5 heteroatoms. The molecule has 2 atom stereocenters. The van der Waals surface area contributed by atoms with E-state index in [9.17, 15) is 9.59 Å². The summed E-state index contributed by atoms with van der Waals surface area (Å²) in [5, 5.41) is 14.1. The molecule has 0 bridgehead atoms. The summed E-state index contributed by atoms with van der Waals surface area (Å²) in [6.07, 6.45) is 1.79. The van der Waals surface area contributed by atoms with Crippen LogP contribution in [0.4, 0.5) is 0 Å². The lowest BCUT2D eigenvalue weighted by Crippen LogP contribution is -2.40. The van der Waals surface area contributed by atoms with Crippen molar-refractivity contribution < 1.29 is 9.59 Å². The van der Waals surface area contributed by atoms with Crippen LogP contribution in [0.25, 0.3) is 0 Å². The Morgan fingerprint density at radius 1 is 1.80 bits per heavy atom. The van der Waals surface area contributed by atoms with Gasteiger partial charge in [0.2, 0.25) is 11.8 Å². The number of nitrogens with one attached hydrogen (secondary N) is 2. The molecule has 15 heavy (non-hydrogen) atoms. The van der Waals surface area contributed by atoms with E-state index in [-0.39, 0.29) is 17.9 Å². The quantitative estimate of drug-likeness (QED) is 0.680. The van der Waals surface area contributed by atoms with E-state index < -0.39 is 5.92 Å². The van der Waals surface area contributed by atoms with Gasteiger partial charge in [0, 0.05) is 19.0 Å². The van der Waals surface area contributed by atoms with Crippen LogP contribution >= 0.6 is 0 Å². The Bertz CT molecular complexity index is 296. The Morgan fingerprint density at radius 3 is 3.00 bits per heavy atom. The minimum absolute atomic E-state index is 0.0256. The molecule has 2 unspecified atom stereocenters. The predicted octanol–water partition coefficient (Wildman–Crippen LogP) is -0.0690. The van der Waals surface area contributed by atoms with Crippen molar-refractivity contribution in [2.24, 2.45) is 5.92 Å². The second-order valence-corrected chi connectivity index (χ2v) is 3.64. The lowest BCUT2D eigenvalue weighted by Gasteiger charge is -2.12. The Labute approximate surface area is 88.8 Å². The van der Waals surface area contributed by atoms with E-state index in [1.165, 1.54) is 0 Å². The monoisotopic (exact) mass is 209 g/mol. The molecule has 0 aliphatic carbocycles. The molecule has 2 amide bonds. The molecule has 0 radical (unpaired) electrons. The van der Waals surface area contributed by atoms with Gasteiger partial charge in [-0.1, -0.05) is 6.92 Å². The van der Waals surface area contributed by atoms with Crippen molar-refractivity contribution in [3.8, 4) is 6.07 Å². The van der Waals surface area contributed by atoms with Crippen molar-refractivity contribution in [2.45, 2.75) is 32.2 Å². The summed E-state index contributed by atoms with van der Waals surface area (Å²) in [7, 11) is 0. The second-order valence-electron chi connectivity index (χ2n) is 3.64. The fraction of sp³-hybridized carbons (Fsp3) is 0.700. The van der Waals surface area contributed by atoms with Gasteiger partial charge in [0.05, 0.1) is 6.07 Å². The average molecular weight is 209 g/mol. The Hall–Kier alpha value is -1.57. The van der Waals surface area contributed by atoms with Crippen LogP contribution in [-0.4, -0.2) is 24.4 Å². The number of rotatable bonds is 4. The number of hydrogen-bond donors (Lipinski definition) is 2. The number of nitrogens with zero attached hydrogens (tertiary/aromatic N) is 1. The molecular formula is C10H15N3O2. The van der Waals surface area contributed by atoms with E-state index in [1.54, 1.807) is 6.92 Å². The number of carbonyl (C=O) groups excluding carboxylic acids is 2. The molecule has 1 rings (SSSR count). The minimum Gasteiger partial charge on any atom is -0.353 e. The summed E-state index contributed by atoms with van der Waals surface area (Å²) in [6, 6.07) is 1.96. The van der Waals surface area contributed by atoms with E-state index in [2.05, 4.69) is 10.6 Å². The summed E-state index contributed by atoms with van der Waals surface area (Å²) in [5.41, 5.74) is 0. The lowest BCUT2D eigenvalue weighted by molar-refractivity contribution is -0.124. The Morgan fingerprint density at radius 2 is 2.53 bits per heavy atom. The molecule has 0 aromatic heterocycles. The van der Waals surface area contributed by atoms with E-state index >= 15 is 0 Å². The average Bonchev–Trinajstić information content (AvgIpc) is 2.63. The van der Waals surface area contributed by atoms with Gasteiger partial charge < -0.3 is 10.6 Å². The molecule has 1 fully saturated rings. The normalized spacial score (nSPS) is 21.6. The lowest BCUT2D eigenvalue weighted by atomic mass is 10.1. The van der Waals surface area contributed by atoms with E-state index in [1.807, 2.05) is 6.07 Å². The number of hydrogen-bond acceptors (Lipinski definition) is 3. The zero-order valence-corrected chi connectivity index (χ0v) is 8.75. The van der Waals surface area contributed by atoms with Gasteiger partial charge in [-0.3, -0.25) is 9.59 Å². The van der Waals surface area contributed by atoms with Crippen molar-refractivity contribution in [3.63, 3.8) is 0 Å². The molecular weight excluding hydrogens is 194 g/mol. The van der Waals surface area contributed by atoms with Crippen LogP contribution in [0.3, 0.4) is 0 Å². The largest absolute Gasteiger partial charge is 0.353 e. The summed E-state index contributed by atoms with van der Waals surface area (Å²) < 4.78 is 0. The van der Waals surface area contributed by atoms with Crippen molar-refractivity contribution >= 4 is 11.8 Å². The molecule has 5 nitrogen and oxygen atoms in total. The first-order chi connectivity index (χ1) is 7.17. The third kappa shape index (κ3) is 3.24. The fourth-order valence-electron chi connectivity index (χ4n) is 1.51. The third-order valence-corrected chi connectivity index (χ3v) is 2.49. The van der Waals surface area contributed by atoms with Gasteiger partial charge in [0.1, 0.15) is 5.92 Å². The van der Waals surface area contributed by atoms with Gasteiger partial charge in [0.25, 0.3) is 0 Å². The highest BCUT2D eigenvalue weighted by Crippen LogP contribution is 2.06. The first-order valence-corrected chi connectivity index (χ1v) is 5.14. The molecule has 82 valence electrons. The molecule has 0 spiro atoms. The van der Waals surface area contributed by atoms with Gasteiger partial charge in [-0.15, -0.1) is 0 Å². The molecule has 1 heterocycles. The molecule has 1 saturated heterocycles. The van der Waals surface area contributed by atoms with Crippen LogP contribution in [-0.2, 0) is 9.59 Å². The van der Waals surface area contributed by atoms with E-state index in [0.717, 1.165) is 6.42 Å². The molecule has 0 aromatic carbocycles. The van der Waals surface area contributed by atoms with E-state index in [4.69, 9.17) is 5.26 Å². The smallest absolute Gasteiger partial charge is 0.237 e. The molecule has 2 N–H and O–H groups in total. The first-order valence-electron chi connectivity index (χ1n) is 5.14. The first kappa shape index (κ1) is 11.5. The van der Waals surface area contributed by atoms with E-state index in [0.29, 0.717) is 19.4 Å². The van der Waals surface area contributed by atoms with Crippen LogP contribution in [0.1, 0.15) is 26.2 Å². The summed E-state index contributed by atoms with van der Waals surface area (Å²) in [4.78, 5) is 22.3. The highest BCUT2D eigenvalue weighted by atomic mass is 16.2. The highest BCUT2D eigenvalue weighted by Gasteiger charge is 2.22. The maximum atomic E-state index is 11.4. The summed E-state index contributed by atoms with van der Waals surface area (Å²) in [6.45, 7) is 2.22. The van der Waals surface area contributed by atoms with Crippen LogP contribution in [0.5, 0.6) is 0 Å². The van der Waals surface area contributed by atoms with Gasteiger partial charge in [-0.25, -0.2) is 0 Å². The number of amides is 2. The number of nitriles is 1. The Balaban J connectivity index is 2.28. The fourth-order valence-corrected chi connectivity index (χ4v) is 1.51. The van der Waals surface area contributed by atoms with Crippen LogP contribution in [0.15, 0.2) is 0 Å². The molecule has 1 aliphatic rings. The SMILES string of the molecule is CCC(C#N)C(=O)NCC1CCC(=O)N1. The molecule has 1 aliphatic heterocycles. The third-order valence-electron chi connectivity index (χ3n) is 2.49. The zero-order valence-electron chi connectivity index (χ0n) is 8.75. The van der Waals surface area contributed by atoms with Crippen molar-refractivity contribution in [3.05, 3.63) is 0 Å². The van der Waals surface area contributed by atoms with Crippen LogP contribution in [0, 0.1) is 17.2 Å². The Kier molecular flexibility index (Phi) is 4.10. The highest BCUT2D eigenvalue weighted by molar-refractivity contribution is 5.81. The van der Waals surface area contributed by atoms with Crippen molar-refractivity contribution in [1.82, 2.24) is 10.6 Å². The zero-order chi connectivity index (χ0) is 11.3. The van der Waals surface area contributed by atoms with Gasteiger partial charge in [0.15, 0.2) is 0 Å². The maximum absolute atomic E-state index is 11.4. The topological polar surface area (TPSA) is 82.0 Å². The van der Waals surface area contributed by atoms with Crippen LogP contribution < -0.4 is 10.6 Å². The van der Waals surface area contributed by atoms with Gasteiger partial charge >= 0.3 is 0 Å². The summed E-state index contributed by atoms with van der Waals surface area (Å²) in [5.74, 6) is -0.801. The predicted molar refractivity (Wildman–Crippen MR) is 53.6 cm³/mol. The van der Waals surface area contributed by atoms with Gasteiger partial charge in [-0.2, -0.15) is 5.26 Å². The minimum atomic E-state index is -0.581. The molecule has 0 aromatic rings. The maximum Gasteiger partial charge on any atom is 0.237 e. The van der Waals surface area contributed by atoms with Gasteiger partial charge in [-0.05, 0) is 12.8 Å². The van der Waals surface area contributed by atoms with Crippen LogP contribution in [0.2, 0.25) is 0 Å². The van der Waals surface area contributed by atoms with Crippen molar-refractivity contribution in [1.29, 1.82) is 5.26 Å². The van der Waals surface area contributed by atoms with Crippen molar-refractivity contribution in [2.75, 3.05) is 6.54 Å². The second kappa shape index (κ2) is 5.35. The molecule has 0 saturated carbocycles.